The van der Waals surface area contributed by atoms with Crippen LogP contribution in [-0.4, -0.2) is 31.4 Å². The summed E-state index contributed by atoms with van der Waals surface area (Å²) in [4.78, 5) is 24.2. The number of halogens is 2. The van der Waals surface area contributed by atoms with Crippen LogP contribution in [0.15, 0.2) is 48.8 Å². The second-order valence-electron chi connectivity index (χ2n) is 5.32. The van der Waals surface area contributed by atoms with E-state index in [1.165, 1.54) is 16.8 Å². The van der Waals surface area contributed by atoms with E-state index in [9.17, 15) is 18.4 Å². The standard InChI is InChI=1S/C16H14F2N6O2/c1-23-7-5-12(21-23)14(25)19-10-3-2-4-11(9-10)20-15(26)13-6-8-24(22-13)16(17)18/h2-9,16H,1H3,(H,19,25)(H,20,26). The Kier molecular flexibility index (Phi) is 4.74. The van der Waals surface area contributed by atoms with Gasteiger partial charge in [0.15, 0.2) is 11.4 Å². The number of rotatable bonds is 5. The van der Waals surface area contributed by atoms with Crippen LogP contribution in [0.1, 0.15) is 27.5 Å². The summed E-state index contributed by atoms with van der Waals surface area (Å²) in [5.74, 6) is -1.04. The van der Waals surface area contributed by atoms with Crippen LogP contribution in [0.2, 0.25) is 0 Å². The Morgan fingerprint density at radius 3 is 2.04 bits per heavy atom. The number of hydrogen-bond donors (Lipinski definition) is 2. The summed E-state index contributed by atoms with van der Waals surface area (Å²) in [6.45, 7) is -2.82. The number of alkyl halides is 2. The Hall–Kier alpha value is -3.56. The quantitative estimate of drug-likeness (QED) is 0.731. The van der Waals surface area contributed by atoms with Crippen LogP contribution in [0.5, 0.6) is 0 Å². The van der Waals surface area contributed by atoms with Gasteiger partial charge in [-0.3, -0.25) is 14.3 Å². The molecule has 0 atom stereocenters. The van der Waals surface area contributed by atoms with Gasteiger partial charge in [-0.05, 0) is 30.3 Å². The van der Waals surface area contributed by atoms with Gasteiger partial charge in [0.2, 0.25) is 0 Å². The average Bonchev–Trinajstić information content (AvgIpc) is 3.24. The Morgan fingerprint density at radius 2 is 1.54 bits per heavy atom. The van der Waals surface area contributed by atoms with Crippen molar-refractivity contribution in [2.45, 2.75) is 6.55 Å². The van der Waals surface area contributed by atoms with Crippen molar-refractivity contribution >= 4 is 23.2 Å². The maximum Gasteiger partial charge on any atom is 0.333 e. The smallest absolute Gasteiger partial charge is 0.321 e. The molecule has 1 aromatic carbocycles. The largest absolute Gasteiger partial charge is 0.333 e. The SMILES string of the molecule is Cn1ccc(C(=O)Nc2cccc(NC(=O)c3ccn(C(F)F)n3)c2)n1. The topological polar surface area (TPSA) is 93.8 Å². The molecule has 2 heterocycles. The van der Waals surface area contributed by atoms with E-state index >= 15 is 0 Å². The zero-order valence-corrected chi connectivity index (χ0v) is 13.6. The molecule has 2 N–H and O–H groups in total. The molecular weight excluding hydrogens is 346 g/mol. The predicted octanol–water partition coefficient (Wildman–Crippen LogP) is 2.52. The number of aromatic nitrogens is 4. The van der Waals surface area contributed by atoms with Crippen LogP contribution in [0, 0.1) is 0 Å². The van der Waals surface area contributed by atoms with Gasteiger partial charge in [0, 0.05) is 30.8 Å². The molecule has 0 saturated carbocycles. The maximum absolute atomic E-state index is 12.5. The number of benzene rings is 1. The summed E-state index contributed by atoms with van der Waals surface area (Å²) in [5.41, 5.74) is 0.921. The molecule has 0 fully saturated rings. The van der Waals surface area contributed by atoms with E-state index < -0.39 is 18.4 Å². The molecule has 0 aliphatic rings. The summed E-state index contributed by atoms with van der Waals surface area (Å²) < 4.78 is 26.9. The first kappa shape index (κ1) is 17.3. The predicted molar refractivity (Wildman–Crippen MR) is 89.0 cm³/mol. The fourth-order valence-corrected chi connectivity index (χ4v) is 2.17. The van der Waals surface area contributed by atoms with Crippen LogP contribution in [0.25, 0.3) is 0 Å². The second-order valence-corrected chi connectivity index (χ2v) is 5.32. The number of nitrogens with zero attached hydrogens (tertiary/aromatic N) is 4. The van der Waals surface area contributed by atoms with Gasteiger partial charge in [0.25, 0.3) is 11.8 Å². The maximum atomic E-state index is 12.5. The van der Waals surface area contributed by atoms with E-state index in [2.05, 4.69) is 20.8 Å². The summed E-state index contributed by atoms with van der Waals surface area (Å²) in [6, 6.07) is 9.15. The molecule has 0 spiro atoms. The molecule has 0 aliphatic heterocycles. The number of amides is 2. The first-order chi connectivity index (χ1) is 12.4. The van der Waals surface area contributed by atoms with Crippen molar-refractivity contribution in [3.05, 3.63) is 60.2 Å². The number of anilines is 2. The number of carbonyl (C=O) groups is 2. The van der Waals surface area contributed by atoms with Crippen LogP contribution in [0.3, 0.4) is 0 Å². The molecule has 2 amide bonds. The van der Waals surface area contributed by atoms with Gasteiger partial charge >= 0.3 is 6.55 Å². The minimum absolute atomic E-state index is 0.145. The van der Waals surface area contributed by atoms with Crippen molar-refractivity contribution in [2.75, 3.05) is 10.6 Å². The number of carbonyl (C=O) groups excluding carboxylic acids is 2. The molecule has 0 unspecified atom stereocenters. The van der Waals surface area contributed by atoms with E-state index in [0.29, 0.717) is 16.1 Å². The molecule has 0 radical (unpaired) electrons. The van der Waals surface area contributed by atoms with Gasteiger partial charge in [0.05, 0.1) is 0 Å². The van der Waals surface area contributed by atoms with Crippen molar-refractivity contribution in [3.63, 3.8) is 0 Å². The summed E-state index contributed by atoms with van der Waals surface area (Å²) >= 11 is 0. The molecule has 3 rings (SSSR count). The minimum atomic E-state index is -2.82. The molecule has 0 aliphatic carbocycles. The van der Waals surface area contributed by atoms with E-state index in [1.807, 2.05) is 0 Å². The van der Waals surface area contributed by atoms with E-state index in [1.54, 1.807) is 37.5 Å². The Morgan fingerprint density at radius 1 is 0.962 bits per heavy atom. The van der Waals surface area contributed by atoms with Crippen molar-refractivity contribution in [1.29, 1.82) is 0 Å². The summed E-state index contributed by atoms with van der Waals surface area (Å²) in [6.07, 6.45) is 2.66. The van der Waals surface area contributed by atoms with Crippen molar-refractivity contribution in [2.24, 2.45) is 7.05 Å². The fourth-order valence-electron chi connectivity index (χ4n) is 2.17. The normalized spacial score (nSPS) is 10.8. The number of hydrogen-bond acceptors (Lipinski definition) is 4. The lowest BCUT2D eigenvalue weighted by atomic mass is 10.2. The highest BCUT2D eigenvalue weighted by molar-refractivity contribution is 6.05. The van der Waals surface area contributed by atoms with Crippen LogP contribution < -0.4 is 10.6 Å². The monoisotopic (exact) mass is 360 g/mol. The molecule has 26 heavy (non-hydrogen) atoms. The van der Waals surface area contributed by atoms with Crippen molar-refractivity contribution in [1.82, 2.24) is 19.6 Å². The van der Waals surface area contributed by atoms with Crippen LogP contribution in [0.4, 0.5) is 20.2 Å². The van der Waals surface area contributed by atoms with E-state index in [-0.39, 0.29) is 11.4 Å². The molecule has 134 valence electrons. The Bertz CT molecular complexity index is 950. The van der Waals surface area contributed by atoms with E-state index in [0.717, 1.165) is 6.20 Å². The molecule has 0 saturated heterocycles. The molecule has 3 aromatic rings. The first-order valence-corrected chi connectivity index (χ1v) is 7.48. The summed E-state index contributed by atoms with van der Waals surface area (Å²) in [5, 5.41) is 12.7. The third-order valence-corrected chi connectivity index (χ3v) is 3.37. The van der Waals surface area contributed by atoms with Crippen molar-refractivity contribution in [3.8, 4) is 0 Å². The summed E-state index contributed by atoms with van der Waals surface area (Å²) in [7, 11) is 1.70. The van der Waals surface area contributed by atoms with Gasteiger partial charge in [-0.2, -0.15) is 19.0 Å². The molecular formula is C16H14F2N6O2. The molecule has 10 heteroatoms. The van der Waals surface area contributed by atoms with Crippen LogP contribution >= 0.6 is 0 Å². The second kappa shape index (κ2) is 7.13. The Balaban J connectivity index is 1.68. The Labute approximate surface area is 146 Å². The third kappa shape index (κ3) is 3.91. The highest BCUT2D eigenvalue weighted by Gasteiger charge is 2.14. The number of nitrogens with one attached hydrogen (secondary N) is 2. The number of aryl methyl sites for hydroxylation is 1. The first-order valence-electron chi connectivity index (χ1n) is 7.48. The lowest BCUT2D eigenvalue weighted by Gasteiger charge is -2.07. The van der Waals surface area contributed by atoms with E-state index in [4.69, 9.17) is 0 Å². The molecule has 0 bridgehead atoms. The average molecular weight is 360 g/mol. The zero-order chi connectivity index (χ0) is 18.7. The lowest BCUT2D eigenvalue weighted by molar-refractivity contribution is 0.0561. The van der Waals surface area contributed by atoms with Gasteiger partial charge in [-0.15, -0.1) is 0 Å². The van der Waals surface area contributed by atoms with Gasteiger partial charge in [-0.25, -0.2) is 4.68 Å². The van der Waals surface area contributed by atoms with Gasteiger partial charge < -0.3 is 10.6 Å². The van der Waals surface area contributed by atoms with Gasteiger partial charge in [0.1, 0.15) is 0 Å². The van der Waals surface area contributed by atoms with Crippen molar-refractivity contribution < 1.29 is 18.4 Å². The minimum Gasteiger partial charge on any atom is -0.321 e. The zero-order valence-electron chi connectivity index (χ0n) is 13.6. The van der Waals surface area contributed by atoms with Gasteiger partial charge in [-0.1, -0.05) is 6.07 Å². The van der Waals surface area contributed by atoms with Crippen LogP contribution in [-0.2, 0) is 7.05 Å². The third-order valence-electron chi connectivity index (χ3n) is 3.37. The fraction of sp³-hybridized carbons (Fsp3) is 0.125. The highest BCUT2D eigenvalue weighted by atomic mass is 19.3. The lowest BCUT2D eigenvalue weighted by Crippen LogP contribution is -2.15. The molecule has 8 nitrogen and oxygen atoms in total. The molecule has 2 aromatic heterocycles. The highest BCUT2D eigenvalue weighted by Crippen LogP contribution is 2.17.